The average molecular weight is 354 g/mol. The number of nitrogens with one attached hydrogen (secondary N) is 1. The van der Waals surface area contributed by atoms with Crippen molar-refractivity contribution in [2.24, 2.45) is 5.92 Å². The third-order valence-corrected chi connectivity index (χ3v) is 6.44. The van der Waals surface area contributed by atoms with Gasteiger partial charge in [0.2, 0.25) is 10.0 Å². The molecule has 2 rings (SSSR count). The van der Waals surface area contributed by atoms with E-state index in [9.17, 15) is 13.5 Å². The molecule has 2 unspecified atom stereocenters. The second kappa shape index (κ2) is 5.58. The average Bonchev–Trinajstić information content (AvgIpc) is 2.82. The molecule has 102 valence electrons. The highest BCUT2D eigenvalue weighted by Crippen LogP contribution is 2.30. The minimum atomic E-state index is -3.43. The zero-order valence-electron chi connectivity index (χ0n) is 10.0. The van der Waals surface area contributed by atoms with Crippen LogP contribution in [-0.4, -0.2) is 26.2 Å². The lowest BCUT2D eigenvalue weighted by atomic mass is 10.1. The summed E-state index contributed by atoms with van der Waals surface area (Å²) in [5.41, 5.74) is 0. The maximum atomic E-state index is 12.1. The number of halogens is 1. The second-order valence-electron chi connectivity index (χ2n) is 4.66. The Morgan fingerprint density at radius 1 is 1.56 bits per heavy atom. The van der Waals surface area contributed by atoms with E-state index < -0.39 is 10.0 Å². The van der Waals surface area contributed by atoms with Crippen molar-refractivity contribution in [1.82, 2.24) is 4.72 Å². The van der Waals surface area contributed by atoms with Gasteiger partial charge in [-0.15, -0.1) is 11.3 Å². The highest BCUT2D eigenvalue weighted by molar-refractivity contribution is 9.11. The highest BCUT2D eigenvalue weighted by atomic mass is 79.9. The molecule has 1 saturated carbocycles. The summed E-state index contributed by atoms with van der Waals surface area (Å²) in [4.78, 5) is 1.12. The normalized spacial score (nSPS) is 24.6. The van der Waals surface area contributed by atoms with Gasteiger partial charge < -0.3 is 5.11 Å². The van der Waals surface area contributed by atoms with E-state index in [1.165, 1.54) is 11.3 Å². The summed E-state index contributed by atoms with van der Waals surface area (Å²) >= 11 is 4.71. The monoisotopic (exact) mass is 353 g/mol. The van der Waals surface area contributed by atoms with Crippen molar-refractivity contribution in [2.75, 3.05) is 6.54 Å². The largest absolute Gasteiger partial charge is 0.393 e. The van der Waals surface area contributed by atoms with E-state index in [1.807, 2.05) is 0 Å². The molecule has 1 aliphatic rings. The molecule has 1 aromatic heterocycles. The van der Waals surface area contributed by atoms with E-state index in [0.717, 1.165) is 21.5 Å². The fraction of sp³-hybridized carbons (Fsp3) is 0.636. The van der Waals surface area contributed by atoms with E-state index in [1.54, 1.807) is 13.0 Å². The molecule has 0 aromatic carbocycles. The topological polar surface area (TPSA) is 66.4 Å². The third-order valence-electron chi connectivity index (χ3n) is 3.21. The van der Waals surface area contributed by atoms with Crippen LogP contribution in [0.5, 0.6) is 0 Å². The molecule has 2 N–H and O–H groups in total. The summed E-state index contributed by atoms with van der Waals surface area (Å²) in [6.07, 6.45) is 2.08. The number of sulfonamides is 1. The molecule has 0 amide bonds. The van der Waals surface area contributed by atoms with E-state index in [-0.39, 0.29) is 12.0 Å². The summed E-state index contributed by atoms with van der Waals surface area (Å²) in [5.74, 6) is 0.247. The molecule has 4 nitrogen and oxygen atoms in total. The van der Waals surface area contributed by atoms with Crippen molar-refractivity contribution in [3.63, 3.8) is 0 Å². The zero-order valence-corrected chi connectivity index (χ0v) is 13.2. The van der Waals surface area contributed by atoms with Gasteiger partial charge >= 0.3 is 0 Å². The van der Waals surface area contributed by atoms with Gasteiger partial charge in [0.25, 0.3) is 0 Å². The number of hydrogen-bond donors (Lipinski definition) is 2. The van der Waals surface area contributed by atoms with Crippen LogP contribution in [0.3, 0.4) is 0 Å². The van der Waals surface area contributed by atoms with E-state index in [0.29, 0.717) is 17.9 Å². The Labute approximate surface area is 120 Å². The van der Waals surface area contributed by atoms with Crippen molar-refractivity contribution in [3.05, 3.63) is 14.7 Å². The Balaban J connectivity index is 2.02. The minimum Gasteiger partial charge on any atom is -0.393 e. The highest BCUT2D eigenvalue weighted by Gasteiger charge is 2.25. The van der Waals surface area contributed by atoms with Gasteiger partial charge in [0, 0.05) is 11.4 Å². The summed E-state index contributed by atoms with van der Waals surface area (Å²) in [5, 5.41) is 9.41. The first-order valence-corrected chi connectivity index (χ1v) is 8.91. The molecular weight excluding hydrogens is 338 g/mol. The van der Waals surface area contributed by atoms with Crippen LogP contribution in [0.1, 0.15) is 24.1 Å². The van der Waals surface area contributed by atoms with Crippen molar-refractivity contribution in [2.45, 2.75) is 37.2 Å². The molecular formula is C11H16BrNO3S2. The molecule has 1 heterocycles. The molecule has 1 aromatic rings. The van der Waals surface area contributed by atoms with Gasteiger partial charge in [-0.1, -0.05) is 0 Å². The lowest BCUT2D eigenvalue weighted by Crippen LogP contribution is -2.29. The predicted octanol–water partition coefficient (Wildman–Crippen LogP) is 2.26. The molecule has 7 heteroatoms. The smallest absolute Gasteiger partial charge is 0.241 e. The lowest BCUT2D eigenvalue weighted by molar-refractivity contribution is 0.178. The molecule has 0 radical (unpaired) electrons. The molecule has 2 atom stereocenters. The van der Waals surface area contributed by atoms with Gasteiger partial charge in [0.15, 0.2) is 0 Å². The first-order chi connectivity index (χ1) is 8.38. The van der Waals surface area contributed by atoms with Crippen LogP contribution >= 0.6 is 27.3 Å². The van der Waals surface area contributed by atoms with E-state index in [2.05, 4.69) is 20.7 Å². The predicted molar refractivity (Wildman–Crippen MR) is 75.3 cm³/mol. The molecule has 0 saturated heterocycles. The molecule has 18 heavy (non-hydrogen) atoms. The minimum absolute atomic E-state index is 0.247. The fourth-order valence-corrected chi connectivity index (χ4v) is 5.77. The second-order valence-corrected chi connectivity index (χ2v) is 9.03. The first-order valence-electron chi connectivity index (χ1n) is 5.82. The summed E-state index contributed by atoms with van der Waals surface area (Å²) in [6.45, 7) is 2.20. The summed E-state index contributed by atoms with van der Waals surface area (Å²) in [6, 6.07) is 1.63. The number of aryl methyl sites for hydroxylation is 1. The Bertz CT molecular complexity index is 526. The fourth-order valence-electron chi connectivity index (χ4n) is 2.24. The first kappa shape index (κ1) is 14.5. The quantitative estimate of drug-likeness (QED) is 0.872. The van der Waals surface area contributed by atoms with Gasteiger partial charge in [-0.2, -0.15) is 0 Å². The van der Waals surface area contributed by atoms with Crippen molar-refractivity contribution < 1.29 is 13.5 Å². The molecule has 0 aliphatic heterocycles. The number of hydrogen-bond acceptors (Lipinski definition) is 4. The van der Waals surface area contributed by atoms with Gasteiger partial charge in [-0.25, -0.2) is 13.1 Å². The lowest BCUT2D eigenvalue weighted by Gasteiger charge is -2.11. The van der Waals surface area contributed by atoms with Gasteiger partial charge in [-0.3, -0.25) is 0 Å². The van der Waals surface area contributed by atoms with Crippen molar-refractivity contribution in [1.29, 1.82) is 0 Å². The Morgan fingerprint density at radius 2 is 2.28 bits per heavy atom. The van der Waals surface area contributed by atoms with E-state index >= 15 is 0 Å². The third kappa shape index (κ3) is 3.33. The van der Waals surface area contributed by atoms with E-state index in [4.69, 9.17) is 0 Å². The Hall–Kier alpha value is 0.0500. The molecule has 0 spiro atoms. The zero-order chi connectivity index (χ0) is 13.3. The molecule has 0 bridgehead atoms. The van der Waals surface area contributed by atoms with Crippen LogP contribution in [0.4, 0.5) is 0 Å². The standard InChI is InChI=1S/C11H16BrNO3S2/c1-7-10(5-11(12)17-7)18(15,16)13-6-8-2-3-9(14)4-8/h5,8-9,13-14H,2-4,6H2,1H3. The maximum absolute atomic E-state index is 12.1. The van der Waals surface area contributed by atoms with Gasteiger partial charge in [-0.05, 0) is 54.1 Å². The van der Waals surface area contributed by atoms with Crippen LogP contribution < -0.4 is 4.72 Å². The van der Waals surface area contributed by atoms with Crippen molar-refractivity contribution in [3.8, 4) is 0 Å². The van der Waals surface area contributed by atoms with Crippen molar-refractivity contribution >= 4 is 37.3 Å². The summed E-state index contributed by atoms with van der Waals surface area (Å²) < 4.78 is 27.7. The summed E-state index contributed by atoms with van der Waals surface area (Å²) in [7, 11) is -3.43. The molecule has 1 fully saturated rings. The molecule has 1 aliphatic carbocycles. The number of thiophene rings is 1. The number of rotatable bonds is 4. The van der Waals surface area contributed by atoms with Crippen LogP contribution in [-0.2, 0) is 10.0 Å². The number of aliphatic hydroxyl groups excluding tert-OH is 1. The van der Waals surface area contributed by atoms with Crippen LogP contribution in [0.15, 0.2) is 14.7 Å². The maximum Gasteiger partial charge on any atom is 0.241 e. The Morgan fingerprint density at radius 3 is 2.78 bits per heavy atom. The van der Waals surface area contributed by atoms with Crippen LogP contribution in [0.25, 0.3) is 0 Å². The van der Waals surface area contributed by atoms with Crippen LogP contribution in [0.2, 0.25) is 0 Å². The SMILES string of the molecule is Cc1sc(Br)cc1S(=O)(=O)NCC1CCC(O)C1. The Kier molecular flexibility index (Phi) is 4.48. The van der Waals surface area contributed by atoms with Gasteiger partial charge in [0.1, 0.15) is 0 Å². The van der Waals surface area contributed by atoms with Crippen LogP contribution in [0, 0.1) is 12.8 Å². The van der Waals surface area contributed by atoms with Gasteiger partial charge in [0.05, 0.1) is 14.8 Å². The number of aliphatic hydroxyl groups is 1.